The lowest BCUT2D eigenvalue weighted by Crippen LogP contribution is -2.60. The Balaban J connectivity index is 0.672. The second-order valence-electron chi connectivity index (χ2n) is 28.9. The summed E-state index contributed by atoms with van der Waals surface area (Å²) in [5.41, 5.74) is 9.60. The molecule has 13 rings (SSSR count). The number of carbonyl (C=O) groups is 5. The number of aryl methyl sites for hydroxylation is 1. The summed E-state index contributed by atoms with van der Waals surface area (Å²) in [6.45, 7) is 2.49. The van der Waals surface area contributed by atoms with E-state index in [2.05, 4.69) is 21.7 Å². The van der Waals surface area contributed by atoms with E-state index in [0.717, 1.165) is 56.3 Å². The number of carbonyl (C=O) groups excluding carboxylic acids is 5. The number of aromatic nitrogens is 3. The smallest absolute Gasteiger partial charge is 0.493 e. The van der Waals surface area contributed by atoms with Gasteiger partial charge in [0, 0.05) is 80.1 Å². The number of quaternary nitrogens is 1. The first-order valence-electron chi connectivity index (χ1n) is 37.7. The monoisotopic (exact) mass is 1610 g/mol. The highest BCUT2D eigenvalue weighted by Gasteiger charge is 2.45. The van der Waals surface area contributed by atoms with Crippen LogP contribution in [0.5, 0.6) is 40.2 Å². The average Bonchev–Trinajstić information content (AvgIpc) is 1.53. The molecule has 5 N–H and O–H groups in total. The zero-order valence-electron chi connectivity index (χ0n) is 64.6. The van der Waals surface area contributed by atoms with Crippen LogP contribution in [0.25, 0.3) is 0 Å². The summed E-state index contributed by atoms with van der Waals surface area (Å²) < 4.78 is 94.3. The molecule has 7 aromatic carbocycles. The van der Waals surface area contributed by atoms with E-state index < -0.39 is 65.1 Å². The van der Waals surface area contributed by atoms with Crippen molar-refractivity contribution in [3.05, 3.63) is 219 Å². The van der Waals surface area contributed by atoms with Crippen LogP contribution in [-0.2, 0) is 104 Å². The van der Waals surface area contributed by atoms with E-state index in [9.17, 15) is 52.8 Å². The van der Waals surface area contributed by atoms with Crippen LogP contribution in [0, 0.1) is 0 Å². The van der Waals surface area contributed by atoms with Crippen molar-refractivity contribution in [3.8, 4) is 40.2 Å². The van der Waals surface area contributed by atoms with Gasteiger partial charge in [-0.15, -0.1) is 13.5 Å². The lowest BCUT2D eigenvalue weighted by atomic mass is 9.94. The molecule has 6 heterocycles. The molecule has 1 fully saturated rings. The molecule has 0 bridgehead atoms. The van der Waals surface area contributed by atoms with Crippen LogP contribution in [0.4, 0.5) is 11.4 Å². The molecule has 33 heteroatoms. The van der Waals surface area contributed by atoms with Crippen LogP contribution in [0.3, 0.4) is 0 Å². The number of aliphatic hydroxyl groups excluding tert-OH is 4. The van der Waals surface area contributed by atoms with Gasteiger partial charge in [-0.2, -0.15) is 0 Å². The largest absolute Gasteiger partial charge is 0.501 e. The highest BCUT2D eigenvalue weighted by molar-refractivity contribution is 7.82. The molecule has 0 spiro atoms. The third-order valence-corrected chi connectivity index (χ3v) is 20.8. The van der Waals surface area contributed by atoms with Gasteiger partial charge in [0.05, 0.1) is 122 Å². The highest BCUT2D eigenvalue weighted by atomic mass is 32.3. The lowest BCUT2D eigenvalue weighted by molar-refractivity contribution is -0.916. The fourth-order valence-corrected chi connectivity index (χ4v) is 14.7. The van der Waals surface area contributed by atoms with E-state index in [4.69, 9.17) is 61.0 Å². The maximum Gasteiger partial charge on any atom is 0.501 e. The van der Waals surface area contributed by atoms with Crippen LogP contribution in [0.1, 0.15) is 87.7 Å². The second kappa shape index (κ2) is 37.4. The van der Waals surface area contributed by atoms with Gasteiger partial charge in [0.25, 0.3) is 29.5 Å². The maximum absolute atomic E-state index is 14.3. The van der Waals surface area contributed by atoms with E-state index in [1.54, 1.807) is 53.5 Å². The Morgan fingerprint density at radius 3 is 2.01 bits per heavy atom. The van der Waals surface area contributed by atoms with Crippen LogP contribution < -0.4 is 37.4 Å². The molecule has 610 valence electrons. The number of aliphatic hydroxyl groups is 4. The summed E-state index contributed by atoms with van der Waals surface area (Å²) in [5, 5.41) is 53.2. The first-order valence-corrected chi connectivity index (χ1v) is 39.0. The number of benzene rings is 7. The molecule has 8 aromatic rings. The van der Waals surface area contributed by atoms with Gasteiger partial charge in [-0.25, -0.2) is 4.68 Å². The van der Waals surface area contributed by atoms with Gasteiger partial charge in [0.2, 0.25) is 6.29 Å². The molecule has 5 aliphatic heterocycles. The van der Waals surface area contributed by atoms with E-state index in [-0.39, 0.29) is 107 Å². The zero-order valence-corrected chi connectivity index (χ0v) is 65.4. The van der Waals surface area contributed by atoms with Gasteiger partial charge >= 0.3 is 10.4 Å². The van der Waals surface area contributed by atoms with Gasteiger partial charge in [-0.05, 0) is 125 Å². The number of rotatable bonds is 34. The Hall–Kier alpha value is -11.5. The van der Waals surface area contributed by atoms with Gasteiger partial charge in [-0.1, -0.05) is 53.7 Å². The third-order valence-electron chi connectivity index (χ3n) is 20.0. The Morgan fingerprint density at radius 1 is 0.647 bits per heavy atom. The minimum Gasteiger partial charge on any atom is -0.493 e. The van der Waals surface area contributed by atoms with E-state index in [1.807, 2.05) is 85.9 Å². The lowest BCUT2D eigenvalue weighted by Gasteiger charge is -2.39. The van der Waals surface area contributed by atoms with Gasteiger partial charge in [-0.3, -0.25) is 38.9 Å². The number of hydrogen-bond acceptors (Lipinski definition) is 26. The van der Waals surface area contributed by atoms with Gasteiger partial charge < -0.3 is 91.0 Å². The molecule has 5 aliphatic rings. The highest BCUT2D eigenvalue weighted by Crippen LogP contribution is 2.41. The van der Waals surface area contributed by atoms with E-state index >= 15 is 0 Å². The molecule has 0 aliphatic carbocycles. The molecule has 6 atom stereocenters. The number of aliphatic imine (C=N–C) groups is 2. The minimum absolute atomic E-state index is 0.0423. The quantitative estimate of drug-likeness (QED) is 0.0170. The van der Waals surface area contributed by atoms with Crippen molar-refractivity contribution in [2.45, 2.75) is 109 Å². The fraction of sp³-hybridized carbons (Fsp3) is 0.361. The van der Waals surface area contributed by atoms with Crippen LogP contribution in [0.15, 0.2) is 162 Å². The summed E-state index contributed by atoms with van der Waals surface area (Å²) >= 11 is 0. The van der Waals surface area contributed by atoms with Crippen molar-refractivity contribution in [3.63, 3.8) is 0 Å². The Labute approximate surface area is 669 Å². The summed E-state index contributed by atoms with van der Waals surface area (Å²) in [7, 11) is 3.48. The Morgan fingerprint density at radius 2 is 1.29 bits per heavy atom. The Bertz CT molecular complexity index is 5030. The topological polar surface area (TPSA) is 379 Å². The number of amides is 5. The average molecular weight is 1610 g/mol. The number of methoxy groups -OCH3 is 2. The van der Waals surface area contributed by atoms with Gasteiger partial charge in [0.15, 0.2) is 34.5 Å². The number of hydrogen-bond donors (Lipinski definition) is 5. The van der Waals surface area contributed by atoms with Crippen LogP contribution >= 0.6 is 0 Å². The molecule has 116 heavy (non-hydrogen) atoms. The SMILES string of the molecule is COc1cc2c(cc1OCc1cc(COc3cc4c(cc3OC)C(=O)N3Cc5ccccc5C[C@H]3C=N4)cc(C[N+](C)(C)Cc3ccc(OS(=O)(=O)Oc4cc(C(=O)N(C)CCOCCn5cc(COCCOCCN6C(=O)C=CC6=O)nn5)ccc4OC4O[C@H](CO)[C@H](O)[C@H](O)[C@H]4O)cc3)c1)N=CCCc1ccccc1CNC2=O. The number of fused-ring (bicyclic) bond motifs is 5. The molecular weight excluding hydrogens is 1520 g/mol. The maximum atomic E-state index is 14.3. The summed E-state index contributed by atoms with van der Waals surface area (Å²) in [6.07, 6.45) is 1.03. The number of nitrogens with zero attached hydrogens (tertiary/aromatic N) is 9. The van der Waals surface area contributed by atoms with Gasteiger partial charge in [0.1, 0.15) is 62.2 Å². The third kappa shape index (κ3) is 20.6. The van der Waals surface area contributed by atoms with Crippen molar-refractivity contribution in [2.24, 2.45) is 9.98 Å². The number of nitrogens with one attached hydrogen (secondary N) is 1. The second-order valence-corrected chi connectivity index (χ2v) is 30.1. The summed E-state index contributed by atoms with van der Waals surface area (Å²) in [5.74, 6) is -1.63. The van der Waals surface area contributed by atoms with E-state index in [1.165, 1.54) is 68.1 Å². The van der Waals surface area contributed by atoms with Crippen LogP contribution in [-0.4, -0.2) is 230 Å². The van der Waals surface area contributed by atoms with Crippen molar-refractivity contribution in [2.75, 3.05) is 88.1 Å². The summed E-state index contributed by atoms with van der Waals surface area (Å²) in [6, 6.07) is 38.4. The van der Waals surface area contributed by atoms with Crippen LogP contribution in [0.2, 0.25) is 0 Å². The standard InChI is InChI=1S/C83H90N10O22S/c1-89(25-28-107-29-26-90-45-61(87-88-90)51-109-32-31-108-30-27-91-75(95)22-23-76(91)96)81(101)58-18-21-68(112-83-79(99)78(98)77(97)74(48-94)113-83)73(37-58)115-116(103,104)114-63-19-16-52(17-20-63)46-93(2,3)47-53-33-54(49-110-71-40-66-64(38-69(71)105-4)80(100)86-42-59-13-8-6-11-56(59)15-10-24-84-66)35-55(34-53)50-111-72-41-67-65(39-70(72)106-5)82(102)92-44-60-14-9-7-12-57(60)36-62(92)43-85-67/h6-9,11-14,16-24,33-35,37-41,43,45,62,74,77-79,83,94,97-99H,10,15,25-32,36,42,44,46-51H2,1-5H3/p+1/t62-,74+,77-,78-,79+,83?/m0/s1. The molecule has 5 amide bonds. The predicted octanol–water partition coefficient (Wildman–Crippen LogP) is 6.22. The molecule has 1 aromatic heterocycles. The molecule has 0 radical (unpaired) electrons. The first-order chi connectivity index (χ1) is 56.0. The number of likely N-dealkylation sites (N-methyl/N-ethyl adjacent to an activating group) is 1. The Kier molecular flexibility index (Phi) is 26.6. The molecular formula is C83H91N10O22S+. The molecule has 0 saturated carbocycles. The number of ether oxygens (including phenoxy) is 9. The predicted molar refractivity (Wildman–Crippen MR) is 418 cm³/mol. The van der Waals surface area contributed by atoms with Crippen molar-refractivity contribution >= 4 is 63.7 Å². The molecule has 1 saturated heterocycles. The zero-order chi connectivity index (χ0) is 81.6. The van der Waals surface area contributed by atoms with Crippen molar-refractivity contribution in [1.82, 2.24) is 35.0 Å². The summed E-state index contributed by atoms with van der Waals surface area (Å²) in [4.78, 5) is 79.4. The first kappa shape index (κ1) is 82.5. The van der Waals surface area contributed by atoms with Crippen molar-refractivity contribution < 1.29 is 108 Å². The molecule has 32 nitrogen and oxygen atoms in total. The fourth-order valence-electron chi connectivity index (χ4n) is 14.0. The minimum atomic E-state index is -5.09. The van der Waals surface area contributed by atoms with E-state index in [0.29, 0.717) is 101 Å². The normalized spacial score (nSPS) is 18.5. The van der Waals surface area contributed by atoms with Crippen molar-refractivity contribution in [1.29, 1.82) is 0 Å². The number of imide groups is 1. The molecule has 1 unspecified atom stereocenters.